The van der Waals surface area contributed by atoms with Gasteiger partial charge in [0.05, 0.1) is 39.0 Å². The number of nitrogens with zero attached hydrogens (tertiary/aromatic N) is 4. The van der Waals surface area contributed by atoms with Gasteiger partial charge in [0, 0.05) is 51.1 Å². The molecule has 10 nitrogen and oxygen atoms in total. The fourth-order valence-electron chi connectivity index (χ4n) is 6.19. The van der Waals surface area contributed by atoms with Crippen LogP contribution in [0, 0.1) is 11.8 Å². The Morgan fingerprint density at radius 2 is 1.80 bits per heavy atom. The number of halogens is 5. The number of nitrogens with one attached hydrogen (secondary N) is 2. The molecule has 1 aliphatic heterocycles. The van der Waals surface area contributed by atoms with Gasteiger partial charge in [0.1, 0.15) is 23.8 Å². The molecule has 15 heteroatoms. The largest absolute Gasteiger partial charge is 0.466 e. The molecule has 2 amide bonds. The molecule has 2 aromatic carbocycles. The van der Waals surface area contributed by atoms with E-state index in [4.69, 9.17) is 22.1 Å². The molecule has 0 atom stereocenters. The molecule has 4 N–H and O–H groups in total. The van der Waals surface area contributed by atoms with E-state index in [-0.39, 0.29) is 16.4 Å². The van der Waals surface area contributed by atoms with Crippen molar-refractivity contribution in [1.29, 1.82) is 0 Å². The molecule has 4 aromatic rings. The van der Waals surface area contributed by atoms with E-state index in [0.717, 1.165) is 19.6 Å². The van der Waals surface area contributed by atoms with Gasteiger partial charge in [0.25, 0.3) is 11.8 Å². The third-order valence-electron chi connectivity index (χ3n) is 9.07. The smallest absolute Gasteiger partial charge is 0.405 e. The number of aromatic nitrogens is 2. The number of hydrogen-bond acceptors (Lipinski definition) is 7. The van der Waals surface area contributed by atoms with Crippen molar-refractivity contribution in [2.24, 2.45) is 7.05 Å². The summed E-state index contributed by atoms with van der Waals surface area (Å²) in [5.41, 5.74) is 10.9. The van der Waals surface area contributed by atoms with Crippen molar-refractivity contribution in [2.45, 2.75) is 26.4 Å². The first-order chi connectivity index (χ1) is 26.1. The number of carbonyl (C=O) groups is 2. The lowest BCUT2D eigenvalue weighted by atomic mass is 9.96. The van der Waals surface area contributed by atoms with Crippen molar-refractivity contribution in [1.82, 2.24) is 24.7 Å². The lowest BCUT2D eigenvalue weighted by molar-refractivity contribution is -0.123. The number of alkyl halides is 3. The lowest BCUT2D eigenvalue weighted by Crippen LogP contribution is -2.33. The molecule has 0 spiro atoms. The molecular weight excluding hydrogens is 738 g/mol. The van der Waals surface area contributed by atoms with Gasteiger partial charge in [-0.25, -0.2) is 9.37 Å². The predicted octanol–water partition coefficient (Wildman–Crippen LogP) is 7.63. The molecule has 0 unspecified atom stereocenters. The van der Waals surface area contributed by atoms with Gasteiger partial charge < -0.3 is 35.5 Å². The summed E-state index contributed by atoms with van der Waals surface area (Å²) in [6, 6.07) is 11.0. The van der Waals surface area contributed by atoms with E-state index in [1.54, 1.807) is 42.8 Å². The Morgan fingerprint density at radius 3 is 2.40 bits per heavy atom. The molecule has 0 aliphatic carbocycles. The minimum absolute atomic E-state index is 0.0960. The zero-order valence-electron chi connectivity index (χ0n) is 30.7. The maximum atomic E-state index is 13.4. The number of aryl methyl sites for hydroxylation is 1. The van der Waals surface area contributed by atoms with Crippen LogP contribution in [0.4, 0.5) is 29.1 Å². The minimum Gasteiger partial charge on any atom is -0.466 e. The summed E-state index contributed by atoms with van der Waals surface area (Å²) in [5, 5.41) is 4.68. The van der Waals surface area contributed by atoms with Gasteiger partial charge in [0.15, 0.2) is 5.83 Å². The normalized spacial score (nSPS) is 13.3. The number of likely N-dealkylation sites (N-methyl/N-ethyl adjacent to an activating group) is 2. The number of fused-ring (bicyclic) bond motifs is 1. The van der Waals surface area contributed by atoms with Crippen molar-refractivity contribution in [2.75, 3.05) is 50.8 Å². The van der Waals surface area contributed by atoms with Crippen molar-refractivity contribution >= 4 is 45.8 Å². The molecule has 0 radical (unpaired) electrons. The summed E-state index contributed by atoms with van der Waals surface area (Å²) in [6.45, 7) is 9.08. The highest BCUT2D eigenvalue weighted by Crippen LogP contribution is 2.44. The van der Waals surface area contributed by atoms with Gasteiger partial charge in [-0.1, -0.05) is 56.1 Å². The summed E-state index contributed by atoms with van der Waals surface area (Å²) < 4.78 is 59.6. The Kier molecular flexibility index (Phi) is 12.6. The molecule has 55 heavy (non-hydrogen) atoms. The van der Waals surface area contributed by atoms with Crippen LogP contribution in [0.1, 0.15) is 36.2 Å². The first-order valence-electron chi connectivity index (χ1n) is 17.3. The number of anilines is 2. The second-order valence-corrected chi connectivity index (χ2v) is 13.1. The highest BCUT2D eigenvalue weighted by Gasteiger charge is 2.29. The number of amides is 2. The van der Waals surface area contributed by atoms with Crippen LogP contribution in [0.15, 0.2) is 84.9 Å². The van der Waals surface area contributed by atoms with Crippen LogP contribution in [-0.4, -0.2) is 77.1 Å². The Labute approximate surface area is 321 Å². The number of benzene rings is 2. The molecule has 2 aromatic heterocycles. The van der Waals surface area contributed by atoms with E-state index in [1.165, 1.54) is 12.1 Å². The molecule has 0 saturated heterocycles. The topological polar surface area (TPSA) is 118 Å². The van der Waals surface area contributed by atoms with Crippen molar-refractivity contribution < 1.29 is 31.9 Å². The number of pyridine rings is 1. The van der Waals surface area contributed by atoms with Gasteiger partial charge in [-0.05, 0) is 60.5 Å². The third kappa shape index (κ3) is 9.30. The van der Waals surface area contributed by atoms with Crippen LogP contribution >= 0.6 is 11.6 Å². The maximum Gasteiger partial charge on any atom is 0.405 e. The number of carbonyl (C=O) groups excluding carboxylic acids is 2. The monoisotopic (exact) mass is 777 g/mol. The van der Waals surface area contributed by atoms with Gasteiger partial charge in [0.2, 0.25) is 0 Å². The number of ether oxygens (including phenoxy) is 1. The van der Waals surface area contributed by atoms with E-state index < -0.39 is 30.4 Å². The van der Waals surface area contributed by atoms with E-state index in [2.05, 4.69) is 52.4 Å². The number of rotatable bonds is 12. The van der Waals surface area contributed by atoms with Crippen LogP contribution in [0.2, 0.25) is 5.02 Å². The van der Waals surface area contributed by atoms with Gasteiger partial charge in [-0.15, -0.1) is 0 Å². The average Bonchev–Trinajstić information content (AvgIpc) is 3.79. The number of allylic oxidation sites excluding steroid dienone is 2. The Balaban J connectivity index is 1.68. The second-order valence-electron chi connectivity index (χ2n) is 12.7. The molecule has 288 valence electrons. The van der Waals surface area contributed by atoms with Gasteiger partial charge in [-0.2, -0.15) is 13.2 Å². The molecule has 0 bridgehead atoms. The van der Waals surface area contributed by atoms with Crippen LogP contribution in [-0.2, 0) is 16.6 Å². The summed E-state index contributed by atoms with van der Waals surface area (Å²) in [5.74, 6) is 4.37. The number of nitrogens with two attached hydrogens (primary N) is 1. The third-order valence-corrected chi connectivity index (χ3v) is 9.38. The Morgan fingerprint density at radius 1 is 1.11 bits per heavy atom. The fraction of sp³-hybridized carbons (Fsp3) is 0.275. The van der Waals surface area contributed by atoms with E-state index in [1.807, 2.05) is 30.1 Å². The quantitative estimate of drug-likeness (QED) is 0.0770. The van der Waals surface area contributed by atoms with E-state index >= 15 is 0 Å². The van der Waals surface area contributed by atoms with Gasteiger partial charge >= 0.3 is 6.18 Å². The number of hydrogen-bond donors (Lipinski definition) is 3. The van der Waals surface area contributed by atoms with E-state index in [9.17, 15) is 27.2 Å². The summed E-state index contributed by atoms with van der Waals surface area (Å²) in [4.78, 5) is 33.5. The molecule has 0 fully saturated rings. The Hall–Kier alpha value is -5.78. The average molecular weight is 778 g/mol. The predicted molar refractivity (Wildman–Crippen MR) is 207 cm³/mol. The second kappa shape index (κ2) is 17.1. The van der Waals surface area contributed by atoms with E-state index in [0.29, 0.717) is 69.0 Å². The lowest BCUT2D eigenvalue weighted by Gasteiger charge is -2.25. The standard InChI is InChI=1S/C40H40ClF4N7O3/c1-6-52(7-2)19-18-50(4)31(32-9-8-20-55-32)17-13-27-22-47-37(46)34-33(26-12-16-29(30(41)21-26)39(54)48-23-40(43,44)45)35(51(5)36(27)34)25-10-14-28(15-11-25)49-38(53)24(3)42/h8,10-12,14-16,20-22H,3,6-7,9,18-19,23H2,1-2,4-5H3,(H2,46,47)(H,48,54)(H,49,53). The molecule has 1 aliphatic rings. The summed E-state index contributed by atoms with van der Waals surface area (Å²) >= 11 is 6.56. The van der Waals surface area contributed by atoms with Crippen LogP contribution in [0.3, 0.4) is 0 Å². The SMILES string of the molecule is C=C(F)C(=O)Nc1ccc(-c2c(-c3ccc(C(=O)NCC(F)(F)F)c(Cl)c3)c3c(N)ncc(C#CC(=C4CC=CO4)N(C)CCN(CC)CC)c3n2C)cc1. The first kappa shape index (κ1) is 40.4. The zero-order valence-corrected chi connectivity index (χ0v) is 31.5. The van der Waals surface area contributed by atoms with Crippen molar-refractivity contribution in [3.05, 3.63) is 101 Å². The fourth-order valence-corrected chi connectivity index (χ4v) is 6.46. The molecule has 0 saturated carbocycles. The molecule has 3 heterocycles. The van der Waals surface area contributed by atoms with Gasteiger partial charge in [-0.3, -0.25) is 9.59 Å². The first-order valence-corrected chi connectivity index (χ1v) is 17.7. The highest BCUT2D eigenvalue weighted by molar-refractivity contribution is 6.34. The molecular formula is C40H40ClF4N7O3. The Bertz CT molecular complexity index is 2240. The summed E-state index contributed by atoms with van der Waals surface area (Å²) in [7, 11) is 3.78. The minimum atomic E-state index is -4.61. The summed E-state index contributed by atoms with van der Waals surface area (Å²) in [6.07, 6.45) is 1.09. The molecule has 5 rings (SSSR count). The zero-order chi connectivity index (χ0) is 40.0. The number of nitrogen functional groups attached to an aromatic ring is 1. The maximum absolute atomic E-state index is 13.4. The van der Waals surface area contributed by atoms with Crippen LogP contribution in [0.5, 0.6) is 0 Å². The van der Waals surface area contributed by atoms with Crippen LogP contribution < -0.4 is 16.4 Å². The highest BCUT2D eigenvalue weighted by atomic mass is 35.5. The van der Waals surface area contributed by atoms with Crippen LogP contribution in [0.25, 0.3) is 33.3 Å². The van der Waals surface area contributed by atoms with Crippen molar-refractivity contribution in [3.8, 4) is 34.2 Å². The van der Waals surface area contributed by atoms with Crippen molar-refractivity contribution in [3.63, 3.8) is 0 Å².